The van der Waals surface area contributed by atoms with Gasteiger partial charge in [-0.2, -0.15) is 0 Å². The summed E-state index contributed by atoms with van der Waals surface area (Å²) >= 11 is 0. The number of carbonyl (C=O) groups is 2. The third-order valence-electron chi connectivity index (χ3n) is 7.93. The highest BCUT2D eigenvalue weighted by molar-refractivity contribution is 5.72. The normalized spacial score (nSPS) is 17.9. The molecule has 3 atom stereocenters. The van der Waals surface area contributed by atoms with Gasteiger partial charge >= 0.3 is 5.97 Å². The van der Waals surface area contributed by atoms with Gasteiger partial charge in [0.25, 0.3) is 0 Å². The molecule has 228 valence electrons. The third-order valence-corrected chi connectivity index (χ3v) is 7.93. The Labute approximate surface area is 253 Å². The number of fused-ring (bicyclic) bond motifs is 2. The standard InChI is InChI=1S/C35H40FNO6/c1-7-27(23(3)16-24(4)41-19-22(2)14-15-37(5)21-38)29-10-12-31(36)35-30(29)11-13-32(35)43-26-8-9-28-25(17-34(39)40-6)20-42-33(28)18-26/h7-10,12,14-15,18,21,23,25,32H,2,4,11,13,16-17,19-20H2,1,3,5-6H3. The summed E-state index contributed by atoms with van der Waals surface area (Å²) in [5.41, 5.74) is 5.32. The molecule has 0 fully saturated rings. The van der Waals surface area contributed by atoms with Crippen LogP contribution in [0, 0.1) is 11.7 Å². The van der Waals surface area contributed by atoms with Crippen molar-refractivity contribution >= 4 is 18.0 Å². The molecule has 2 aliphatic rings. The van der Waals surface area contributed by atoms with Crippen LogP contribution >= 0.6 is 0 Å². The maximum Gasteiger partial charge on any atom is 0.306 e. The molecule has 1 amide bonds. The summed E-state index contributed by atoms with van der Waals surface area (Å²) in [6.45, 7) is 12.8. The average Bonchev–Trinajstić information content (AvgIpc) is 3.60. The Morgan fingerprint density at radius 2 is 2.05 bits per heavy atom. The fourth-order valence-electron chi connectivity index (χ4n) is 5.73. The van der Waals surface area contributed by atoms with Crippen molar-refractivity contribution < 1.29 is 32.9 Å². The molecular formula is C35H40FNO6. The number of methoxy groups -OCH3 is 1. The van der Waals surface area contributed by atoms with Gasteiger partial charge in [-0.15, -0.1) is 0 Å². The van der Waals surface area contributed by atoms with Crippen LogP contribution in [0.3, 0.4) is 0 Å². The number of rotatable bonds is 14. The smallest absolute Gasteiger partial charge is 0.306 e. The van der Waals surface area contributed by atoms with Gasteiger partial charge in [-0.25, -0.2) is 4.39 Å². The van der Waals surface area contributed by atoms with Crippen molar-refractivity contribution in [2.45, 2.75) is 51.6 Å². The van der Waals surface area contributed by atoms with Crippen LogP contribution in [-0.4, -0.2) is 44.7 Å². The predicted molar refractivity (Wildman–Crippen MR) is 164 cm³/mol. The van der Waals surface area contributed by atoms with Crippen LogP contribution in [0.2, 0.25) is 0 Å². The average molecular weight is 590 g/mol. The number of hydrogen-bond donors (Lipinski definition) is 0. The van der Waals surface area contributed by atoms with Crippen LogP contribution in [0.1, 0.15) is 67.4 Å². The number of ether oxygens (including phenoxy) is 4. The molecule has 0 saturated carbocycles. The molecule has 0 spiro atoms. The van der Waals surface area contributed by atoms with Crippen molar-refractivity contribution in [1.29, 1.82) is 0 Å². The van der Waals surface area contributed by atoms with Crippen LogP contribution in [-0.2, 0) is 25.5 Å². The molecule has 0 saturated heterocycles. The number of nitrogens with zero attached hydrogens (tertiary/aromatic N) is 1. The van der Waals surface area contributed by atoms with Crippen molar-refractivity contribution in [2.24, 2.45) is 5.92 Å². The summed E-state index contributed by atoms with van der Waals surface area (Å²) in [6, 6.07) is 8.97. The second-order valence-electron chi connectivity index (χ2n) is 11.0. The van der Waals surface area contributed by atoms with Gasteiger partial charge in [0.05, 0.1) is 25.9 Å². The number of allylic oxidation sites excluding steroid dienone is 3. The fourth-order valence-corrected chi connectivity index (χ4v) is 5.73. The minimum Gasteiger partial charge on any atom is -0.494 e. The summed E-state index contributed by atoms with van der Waals surface area (Å²) in [4.78, 5) is 23.9. The van der Waals surface area contributed by atoms with E-state index in [4.69, 9.17) is 18.9 Å². The van der Waals surface area contributed by atoms with E-state index in [0.29, 0.717) is 60.7 Å². The number of esters is 1. The Morgan fingerprint density at radius 1 is 1.26 bits per heavy atom. The molecule has 2 aromatic rings. The first kappa shape index (κ1) is 31.6. The van der Waals surface area contributed by atoms with Gasteiger partial charge < -0.3 is 23.8 Å². The van der Waals surface area contributed by atoms with Gasteiger partial charge in [0.15, 0.2) is 0 Å². The number of hydrogen-bond acceptors (Lipinski definition) is 6. The van der Waals surface area contributed by atoms with Crippen LogP contribution in [0.4, 0.5) is 4.39 Å². The predicted octanol–water partition coefficient (Wildman–Crippen LogP) is 7.05. The molecule has 4 rings (SSSR count). The molecule has 3 unspecified atom stereocenters. The van der Waals surface area contributed by atoms with E-state index in [0.717, 1.165) is 22.3 Å². The van der Waals surface area contributed by atoms with E-state index in [1.165, 1.54) is 18.1 Å². The van der Waals surface area contributed by atoms with Crippen molar-refractivity contribution in [1.82, 2.24) is 4.90 Å². The highest BCUT2D eigenvalue weighted by atomic mass is 19.1. The van der Waals surface area contributed by atoms with E-state index in [9.17, 15) is 9.59 Å². The molecule has 0 radical (unpaired) electrons. The molecule has 0 aromatic heterocycles. The minimum atomic E-state index is -0.427. The fraction of sp³-hybridized carbons (Fsp3) is 0.371. The zero-order valence-corrected chi connectivity index (χ0v) is 25.4. The molecule has 43 heavy (non-hydrogen) atoms. The van der Waals surface area contributed by atoms with Crippen LogP contribution < -0.4 is 9.47 Å². The summed E-state index contributed by atoms with van der Waals surface area (Å²) in [6.07, 6.45) is 7.88. The van der Waals surface area contributed by atoms with Gasteiger partial charge in [0.2, 0.25) is 6.41 Å². The lowest BCUT2D eigenvalue weighted by Gasteiger charge is -2.22. The summed E-state index contributed by atoms with van der Waals surface area (Å²) in [5, 5.41) is 0. The molecule has 2 aromatic carbocycles. The number of halogens is 1. The minimum absolute atomic E-state index is 0.0578. The van der Waals surface area contributed by atoms with Crippen LogP contribution in [0.15, 0.2) is 73.2 Å². The molecule has 0 N–H and O–H groups in total. The zero-order valence-electron chi connectivity index (χ0n) is 25.4. The second kappa shape index (κ2) is 14.2. The molecule has 7 nitrogen and oxygen atoms in total. The summed E-state index contributed by atoms with van der Waals surface area (Å²) in [7, 11) is 3.02. The zero-order chi connectivity index (χ0) is 31.1. The van der Waals surface area contributed by atoms with E-state index < -0.39 is 6.10 Å². The lowest BCUT2D eigenvalue weighted by atomic mass is 9.86. The van der Waals surface area contributed by atoms with Crippen molar-refractivity contribution in [3.63, 3.8) is 0 Å². The quantitative estimate of drug-likeness (QED) is 0.102. The highest BCUT2D eigenvalue weighted by Gasteiger charge is 2.32. The van der Waals surface area contributed by atoms with Gasteiger partial charge in [-0.1, -0.05) is 38.3 Å². The Morgan fingerprint density at radius 3 is 2.77 bits per heavy atom. The van der Waals surface area contributed by atoms with Gasteiger partial charge in [-0.05, 0) is 66.2 Å². The maximum atomic E-state index is 15.3. The Bertz CT molecular complexity index is 1440. The van der Waals surface area contributed by atoms with Crippen LogP contribution in [0.5, 0.6) is 11.5 Å². The topological polar surface area (TPSA) is 74.3 Å². The monoisotopic (exact) mass is 589 g/mol. The lowest BCUT2D eigenvalue weighted by Crippen LogP contribution is -2.09. The summed E-state index contributed by atoms with van der Waals surface area (Å²) in [5.74, 6) is 1.36. The number of benzene rings is 2. The van der Waals surface area contributed by atoms with Crippen molar-refractivity contribution in [3.8, 4) is 11.5 Å². The van der Waals surface area contributed by atoms with E-state index in [1.54, 1.807) is 19.3 Å². The van der Waals surface area contributed by atoms with Crippen LogP contribution in [0.25, 0.3) is 5.57 Å². The molecular weight excluding hydrogens is 549 g/mol. The molecule has 1 aliphatic heterocycles. The molecule has 0 bridgehead atoms. The Hall–Kier alpha value is -4.33. The molecule has 1 aliphatic carbocycles. The summed E-state index contributed by atoms with van der Waals surface area (Å²) < 4.78 is 38.1. The van der Waals surface area contributed by atoms with Gasteiger partial charge in [0, 0.05) is 42.8 Å². The first-order chi connectivity index (χ1) is 20.6. The number of carbonyl (C=O) groups excluding carboxylic acids is 2. The molecule has 1 heterocycles. The number of amides is 1. The van der Waals surface area contributed by atoms with E-state index in [-0.39, 0.29) is 36.7 Å². The van der Waals surface area contributed by atoms with E-state index in [2.05, 4.69) is 26.2 Å². The van der Waals surface area contributed by atoms with Gasteiger partial charge in [0.1, 0.15) is 30.0 Å². The Balaban J connectivity index is 1.44. The molecule has 8 heteroatoms. The largest absolute Gasteiger partial charge is 0.494 e. The first-order valence-corrected chi connectivity index (χ1v) is 14.5. The SMILES string of the molecule is C=C(C=CN(C)C=O)COC(=C)CC(C)C(=CC)c1ccc(F)c2c1CCC2Oc1ccc2c(c1)OCC2CC(=O)OC. The van der Waals surface area contributed by atoms with E-state index in [1.807, 2.05) is 31.2 Å². The first-order valence-electron chi connectivity index (χ1n) is 14.5. The van der Waals surface area contributed by atoms with E-state index >= 15 is 4.39 Å². The highest BCUT2D eigenvalue weighted by Crippen LogP contribution is 2.44. The Kier molecular flexibility index (Phi) is 10.5. The lowest BCUT2D eigenvalue weighted by molar-refractivity contribution is -0.141. The third kappa shape index (κ3) is 7.55. The second-order valence-corrected chi connectivity index (χ2v) is 11.0. The van der Waals surface area contributed by atoms with Crippen molar-refractivity contribution in [3.05, 3.63) is 101 Å². The van der Waals surface area contributed by atoms with Gasteiger partial charge in [-0.3, -0.25) is 9.59 Å². The maximum absolute atomic E-state index is 15.3. The van der Waals surface area contributed by atoms with Crippen molar-refractivity contribution in [2.75, 3.05) is 27.4 Å².